The average Bonchev–Trinajstić information content (AvgIpc) is 3.00. The molecule has 23 heavy (non-hydrogen) atoms. The number of likely N-dealkylation sites (tertiary alicyclic amines) is 1. The second-order valence-corrected chi connectivity index (χ2v) is 7.86. The van der Waals surface area contributed by atoms with Crippen LogP contribution >= 0.6 is 0 Å². The molecule has 126 valence electrons. The molecular weight excluding hydrogens is 324 g/mol. The Labute approximate surface area is 133 Å². The Morgan fingerprint density at radius 1 is 1.39 bits per heavy atom. The highest BCUT2D eigenvalue weighted by atomic mass is 32.2. The molecule has 1 aliphatic heterocycles. The third-order valence-corrected chi connectivity index (χ3v) is 5.94. The van der Waals surface area contributed by atoms with Crippen molar-refractivity contribution in [3.8, 4) is 0 Å². The van der Waals surface area contributed by atoms with Crippen molar-refractivity contribution >= 4 is 21.9 Å². The normalized spacial score (nSPS) is 23.0. The van der Waals surface area contributed by atoms with Crippen molar-refractivity contribution in [3.05, 3.63) is 17.6 Å². The molecule has 1 spiro atoms. The molecular formula is C14H18N2O6S. The molecule has 1 aromatic heterocycles. The summed E-state index contributed by atoms with van der Waals surface area (Å²) in [4.78, 5) is 24.8. The van der Waals surface area contributed by atoms with Crippen LogP contribution in [0.1, 0.15) is 35.6 Å². The van der Waals surface area contributed by atoms with Crippen LogP contribution in [0.25, 0.3) is 0 Å². The summed E-state index contributed by atoms with van der Waals surface area (Å²) in [6.45, 7) is 2.31. The van der Waals surface area contributed by atoms with E-state index in [0.717, 1.165) is 6.07 Å². The standard InChI is InChI=1S/C14H18N2O6S/c1-8-11(23(15,20)21)6-10(22-8)12(17)16-4-2-14(3-5-16)7-9(14)13(18)19/h6,9H,2-5,7H2,1H3,(H,18,19)(H2,15,20,21). The molecule has 8 nitrogen and oxygen atoms in total. The topological polar surface area (TPSA) is 131 Å². The average molecular weight is 342 g/mol. The molecule has 1 aromatic rings. The van der Waals surface area contributed by atoms with Crippen LogP contribution in [0.15, 0.2) is 15.4 Å². The van der Waals surface area contributed by atoms with Gasteiger partial charge in [-0.2, -0.15) is 0 Å². The SMILES string of the molecule is Cc1oc(C(=O)N2CCC3(CC2)CC3C(=O)O)cc1S(N)(=O)=O. The number of aliphatic carboxylic acids is 1. The summed E-state index contributed by atoms with van der Waals surface area (Å²) in [6.07, 6.45) is 1.94. The summed E-state index contributed by atoms with van der Waals surface area (Å²) in [7, 11) is -3.93. The first-order valence-corrected chi connectivity index (χ1v) is 8.84. The summed E-state index contributed by atoms with van der Waals surface area (Å²) < 4.78 is 28.0. The molecule has 3 N–H and O–H groups in total. The Morgan fingerprint density at radius 3 is 2.43 bits per heavy atom. The van der Waals surface area contributed by atoms with E-state index in [1.54, 1.807) is 4.90 Å². The van der Waals surface area contributed by atoms with Crippen molar-refractivity contribution in [1.29, 1.82) is 0 Å². The third-order valence-electron chi connectivity index (χ3n) is 4.92. The molecule has 3 rings (SSSR count). The number of furan rings is 1. The lowest BCUT2D eigenvalue weighted by atomic mass is 9.90. The van der Waals surface area contributed by atoms with Crippen LogP contribution in [0.2, 0.25) is 0 Å². The molecule has 0 aromatic carbocycles. The number of primary sulfonamides is 1. The number of amides is 1. The van der Waals surface area contributed by atoms with Crippen LogP contribution in [0.4, 0.5) is 0 Å². The number of hydrogen-bond acceptors (Lipinski definition) is 5. The van der Waals surface area contributed by atoms with Crippen molar-refractivity contribution < 1.29 is 27.5 Å². The van der Waals surface area contributed by atoms with Gasteiger partial charge >= 0.3 is 5.97 Å². The van der Waals surface area contributed by atoms with Crippen LogP contribution in [-0.4, -0.2) is 43.4 Å². The molecule has 2 heterocycles. The first kappa shape index (κ1) is 16.0. The molecule has 2 aliphatic rings. The van der Waals surface area contributed by atoms with E-state index in [9.17, 15) is 18.0 Å². The summed E-state index contributed by atoms with van der Waals surface area (Å²) in [5, 5.41) is 14.1. The van der Waals surface area contributed by atoms with Gasteiger partial charge in [-0.25, -0.2) is 13.6 Å². The molecule has 0 bridgehead atoms. The maximum atomic E-state index is 12.4. The highest BCUT2D eigenvalue weighted by Crippen LogP contribution is 2.59. The molecule has 1 amide bonds. The lowest BCUT2D eigenvalue weighted by molar-refractivity contribution is -0.139. The largest absolute Gasteiger partial charge is 0.481 e. The molecule has 0 radical (unpaired) electrons. The predicted molar refractivity (Wildman–Crippen MR) is 78.1 cm³/mol. The lowest BCUT2D eigenvalue weighted by Crippen LogP contribution is -2.39. The molecule has 1 saturated heterocycles. The van der Waals surface area contributed by atoms with Gasteiger partial charge in [-0.05, 0) is 31.6 Å². The minimum absolute atomic E-state index is 0.0620. The zero-order valence-electron chi connectivity index (χ0n) is 12.6. The molecule has 1 atom stereocenters. The second kappa shape index (κ2) is 5.07. The second-order valence-electron chi connectivity index (χ2n) is 6.33. The Hall–Kier alpha value is -1.87. The van der Waals surface area contributed by atoms with E-state index in [-0.39, 0.29) is 27.7 Å². The van der Waals surface area contributed by atoms with E-state index in [4.69, 9.17) is 14.7 Å². The fraction of sp³-hybridized carbons (Fsp3) is 0.571. The Bertz CT molecular complexity index is 773. The van der Waals surface area contributed by atoms with Gasteiger partial charge in [0.1, 0.15) is 10.7 Å². The number of nitrogens with two attached hydrogens (primary N) is 1. The molecule has 9 heteroatoms. The first-order valence-electron chi connectivity index (χ1n) is 7.29. The van der Waals surface area contributed by atoms with Gasteiger partial charge in [0.05, 0.1) is 5.92 Å². The number of piperidine rings is 1. The maximum absolute atomic E-state index is 12.4. The monoisotopic (exact) mass is 342 g/mol. The number of sulfonamides is 1. The van der Waals surface area contributed by atoms with Crippen molar-refractivity contribution in [3.63, 3.8) is 0 Å². The quantitative estimate of drug-likeness (QED) is 0.825. The van der Waals surface area contributed by atoms with Crippen LogP contribution in [0.3, 0.4) is 0 Å². The van der Waals surface area contributed by atoms with E-state index in [1.807, 2.05) is 0 Å². The number of hydrogen-bond donors (Lipinski definition) is 2. The summed E-state index contributed by atoms with van der Waals surface area (Å²) in [6, 6.07) is 1.15. The number of carbonyl (C=O) groups excluding carboxylic acids is 1. The minimum Gasteiger partial charge on any atom is -0.481 e. The van der Waals surface area contributed by atoms with Crippen molar-refractivity contribution in [1.82, 2.24) is 4.90 Å². The van der Waals surface area contributed by atoms with E-state index in [2.05, 4.69) is 0 Å². The Balaban J connectivity index is 1.70. The summed E-state index contributed by atoms with van der Waals surface area (Å²) in [5.41, 5.74) is -0.173. The van der Waals surface area contributed by atoms with Crippen molar-refractivity contribution in [2.45, 2.75) is 31.1 Å². The van der Waals surface area contributed by atoms with E-state index < -0.39 is 21.9 Å². The zero-order chi connectivity index (χ0) is 17.0. The molecule has 1 aliphatic carbocycles. The Morgan fingerprint density at radius 2 is 2.00 bits per heavy atom. The smallest absolute Gasteiger partial charge is 0.307 e. The van der Waals surface area contributed by atoms with Crippen LogP contribution in [0, 0.1) is 18.3 Å². The minimum atomic E-state index is -3.93. The maximum Gasteiger partial charge on any atom is 0.307 e. The van der Waals surface area contributed by atoms with Gasteiger partial charge in [-0.1, -0.05) is 0 Å². The van der Waals surface area contributed by atoms with E-state index in [1.165, 1.54) is 6.92 Å². The number of carboxylic acid groups (broad SMARTS) is 1. The van der Waals surface area contributed by atoms with Gasteiger partial charge in [0.25, 0.3) is 5.91 Å². The van der Waals surface area contributed by atoms with Gasteiger partial charge in [0, 0.05) is 19.2 Å². The molecule has 1 unspecified atom stereocenters. The van der Waals surface area contributed by atoms with E-state index in [0.29, 0.717) is 32.4 Å². The predicted octanol–water partition coefficient (Wildman–Crippen LogP) is 0.562. The van der Waals surface area contributed by atoms with Gasteiger partial charge in [0.2, 0.25) is 10.0 Å². The summed E-state index contributed by atoms with van der Waals surface area (Å²) >= 11 is 0. The number of nitrogens with zero attached hydrogens (tertiary/aromatic N) is 1. The van der Waals surface area contributed by atoms with Crippen LogP contribution < -0.4 is 5.14 Å². The van der Waals surface area contributed by atoms with E-state index >= 15 is 0 Å². The van der Waals surface area contributed by atoms with Crippen LogP contribution in [-0.2, 0) is 14.8 Å². The van der Waals surface area contributed by atoms with Gasteiger partial charge in [-0.15, -0.1) is 0 Å². The zero-order valence-corrected chi connectivity index (χ0v) is 13.4. The third kappa shape index (κ3) is 2.74. The highest BCUT2D eigenvalue weighted by molar-refractivity contribution is 7.89. The molecule has 1 saturated carbocycles. The number of rotatable bonds is 3. The fourth-order valence-corrected chi connectivity index (χ4v) is 4.13. The summed E-state index contributed by atoms with van der Waals surface area (Å²) in [5.74, 6) is -1.46. The fourth-order valence-electron chi connectivity index (χ4n) is 3.41. The van der Waals surface area contributed by atoms with Crippen molar-refractivity contribution in [2.24, 2.45) is 16.5 Å². The van der Waals surface area contributed by atoms with Gasteiger partial charge < -0.3 is 14.4 Å². The first-order chi connectivity index (χ1) is 10.6. The lowest BCUT2D eigenvalue weighted by Gasteiger charge is -2.32. The van der Waals surface area contributed by atoms with Crippen molar-refractivity contribution in [2.75, 3.05) is 13.1 Å². The number of carbonyl (C=O) groups is 2. The van der Waals surface area contributed by atoms with Crippen LogP contribution in [0.5, 0.6) is 0 Å². The molecule has 2 fully saturated rings. The number of aryl methyl sites for hydroxylation is 1. The highest BCUT2D eigenvalue weighted by Gasteiger charge is 2.59. The number of carboxylic acids is 1. The Kier molecular flexibility index (Phi) is 3.53. The van der Waals surface area contributed by atoms with Gasteiger partial charge in [-0.3, -0.25) is 9.59 Å². The van der Waals surface area contributed by atoms with Gasteiger partial charge in [0.15, 0.2) is 5.76 Å².